The van der Waals surface area contributed by atoms with Crippen molar-refractivity contribution in [3.8, 4) is 0 Å². The quantitative estimate of drug-likeness (QED) is 0.845. The first kappa shape index (κ1) is 12.6. The van der Waals surface area contributed by atoms with E-state index >= 15 is 0 Å². The Labute approximate surface area is 104 Å². The average Bonchev–Trinajstić information content (AvgIpc) is 3.08. The minimum Gasteiger partial charge on any atom is -0.395 e. The zero-order valence-corrected chi connectivity index (χ0v) is 11.2. The van der Waals surface area contributed by atoms with Gasteiger partial charge in [-0.3, -0.25) is 4.90 Å². The van der Waals surface area contributed by atoms with Crippen LogP contribution >= 0.6 is 0 Å². The molecule has 2 nitrogen and oxygen atoms in total. The van der Waals surface area contributed by atoms with Crippen molar-refractivity contribution in [2.75, 3.05) is 13.2 Å². The van der Waals surface area contributed by atoms with Gasteiger partial charge in [0.15, 0.2) is 0 Å². The molecule has 1 aromatic carbocycles. The van der Waals surface area contributed by atoms with Gasteiger partial charge in [-0.05, 0) is 55.9 Å². The lowest BCUT2D eigenvalue weighted by Crippen LogP contribution is -2.29. The van der Waals surface area contributed by atoms with Crippen molar-refractivity contribution < 1.29 is 5.11 Å². The molecule has 94 valence electrons. The second-order valence-electron chi connectivity index (χ2n) is 5.29. The van der Waals surface area contributed by atoms with E-state index < -0.39 is 0 Å². The van der Waals surface area contributed by atoms with Gasteiger partial charge >= 0.3 is 0 Å². The molecule has 0 spiro atoms. The Morgan fingerprint density at radius 1 is 1.12 bits per heavy atom. The summed E-state index contributed by atoms with van der Waals surface area (Å²) in [6, 6.07) is 5.29. The number of aliphatic hydroxyl groups excluding tert-OH is 1. The Hall–Kier alpha value is -0.860. The molecule has 0 saturated heterocycles. The molecule has 1 aliphatic rings. The molecule has 0 aliphatic heterocycles. The standard InChI is InChI=1S/C15H23NO/c1-11-8-13(3)14(9-12(11)2)10-16(6-7-17)15-4-5-15/h8-9,15,17H,4-7,10H2,1-3H3. The van der Waals surface area contributed by atoms with Gasteiger partial charge in [0.1, 0.15) is 0 Å². The van der Waals surface area contributed by atoms with Crippen LogP contribution in [-0.4, -0.2) is 29.2 Å². The molecule has 1 saturated carbocycles. The molecule has 0 unspecified atom stereocenters. The van der Waals surface area contributed by atoms with Gasteiger partial charge in [-0.2, -0.15) is 0 Å². The third-order valence-corrected chi connectivity index (χ3v) is 3.78. The summed E-state index contributed by atoms with van der Waals surface area (Å²) in [4.78, 5) is 2.41. The lowest BCUT2D eigenvalue weighted by Gasteiger charge is -2.22. The smallest absolute Gasteiger partial charge is 0.0558 e. The normalized spacial score (nSPS) is 15.6. The third-order valence-electron chi connectivity index (χ3n) is 3.78. The highest BCUT2D eigenvalue weighted by Gasteiger charge is 2.28. The number of aliphatic hydroxyl groups is 1. The summed E-state index contributed by atoms with van der Waals surface area (Å²) in [5, 5.41) is 9.12. The van der Waals surface area contributed by atoms with Crippen LogP contribution in [0, 0.1) is 20.8 Å². The summed E-state index contributed by atoms with van der Waals surface area (Å²) < 4.78 is 0. The van der Waals surface area contributed by atoms with Gasteiger partial charge in [0.2, 0.25) is 0 Å². The molecule has 2 heteroatoms. The van der Waals surface area contributed by atoms with Crippen LogP contribution in [0.2, 0.25) is 0 Å². The van der Waals surface area contributed by atoms with Crippen LogP contribution in [-0.2, 0) is 6.54 Å². The Morgan fingerprint density at radius 3 is 2.35 bits per heavy atom. The monoisotopic (exact) mass is 233 g/mol. The summed E-state index contributed by atoms with van der Waals surface area (Å²) in [5.41, 5.74) is 5.52. The lowest BCUT2D eigenvalue weighted by molar-refractivity contribution is 0.183. The maximum Gasteiger partial charge on any atom is 0.0558 e. The highest BCUT2D eigenvalue weighted by molar-refractivity contribution is 5.36. The number of rotatable bonds is 5. The number of aryl methyl sites for hydroxylation is 3. The van der Waals surface area contributed by atoms with Crippen molar-refractivity contribution in [3.63, 3.8) is 0 Å². The van der Waals surface area contributed by atoms with E-state index in [1.54, 1.807) is 0 Å². The van der Waals surface area contributed by atoms with Crippen molar-refractivity contribution in [1.29, 1.82) is 0 Å². The van der Waals surface area contributed by atoms with E-state index in [9.17, 15) is 0 Å². The zero-order chi connectivity index (χ0) is 12.4. The largest absolute Gasteiger partial charge is 0.395 e. The SMILES string of the molecule is Cc1cc(C)c(CN(CCO)C2CC2)cc1C. The highest BCUT2D eigenvalue weighted by atomic mass is 16.3. The predicted molar refractivity (Wildman–Crippen MR) is 71.2 cm³/mol. The molecule has 0 atom stereocenters. The van der Waals surface area contributed by atoms with Gasteiger partial charge in [0.05, 0.1) is 6.61 Å². The highest BCUT2D eigenvalue weighted by Crippen LogP contribution is 2.29. The number of hydrogen-bond donors (Lipinski definition) is 1. The second kappa shape index (κ2) is 5.19. The minimum absolute atomic E-state index is 0.264. The van der Waals surface area contributed by atoms with Crippen molar-refractivity contribution >= 4 is 0 Å². The van der Waals surface area contributed by atoms with Crippen LogP contribution in [0.4, 0.5) is 0 Å². The van der Waals surface area contributed by atoms with Gasteiger partial charge in [-0.1, -0.05) is 12.1 Å². The summed E-state index contributed by atoms with van der Waals surface area (Å²) in [6.07, 6.45) is 2.59. The molecule has 1 aromatic rings. The summed E-state index contributed by atoms with van der Waals surface area (Å²) in [6.45, 7) is 8.58. The molecule has 1 fully saturated rings. The lowest BCUT2D eigenvalue weighted by atomic mass is 10.0. The Kier molecular flexibility index (Phi) is 3.85. The second-order valence-corrected chi connectivity index (χ2v) is 5.29. The van der Waals surface area contributed by atoms with Crippen LogP contribution in [0.3, 0.4) is 0 Å². The third kappa shape index (κ3) is 3.08. The average molecular weight is 233 g/mol. The van der Waals surface area contributed by atoms with Crippen molar-refractivity contribution in [2.45, 2.75) is 46.2 Å². The van der Waals surface area contributed by atoms with Crippen molar-refractivity contribution in [1.82, 2.24) is 4.90 Å². The van der Waals surface area contributed by atoms with Crippen LogP contribution in [0.25, 0.3) is 0 Å². The fraction of sp³-hybridized carbons (Fsp3) is 0.600. The van der Waals surface area contributed by atoms with Crippen LogP contribution in [0.15, 0.2) is 12.1 Å². The van der Waals surface area contributed by atoms with Crippen molar-refractivity contribution in [2.24, 2.45) is 0 Å². The Bertz CT molecular complexity index is 396. The van der Waals surface area contributed by atoms with Crippen LogP contribution in [0.1, 0.15) is 35.1 Å². The molecule has 0 amide bonds. The van der Waals surface area contributed by atoms with E-state index in [-0.39, 0.29) is 6.61 Å². The molecule has 0 radical (unpaired) electrons. The van der Waals surface area contributed by atoms with E-state index in [1.165, 1.54) is 35.1 Å². The fourth-order valence-corrected chi connectivity index (χ4v) is 2.37. The topological polar surface area (TPSA) is 23.5 Å². The Morgan fingerprint density at radius 2 is 1.76 bits per heavy atom. The van der Waals surface area contributed by atoms with E-state index in [4.69, 9.17) is 5.11 Å². The van der Waals surface area contributed by atoms with Crippen LogP contribution < -0.4 is 0 Å². The number of hydrogen-bond acceptors (Lipinski definition) is 2. The van der Waals surface area contributed by atoms with E-state index in [0.717, 1.165) is 13.1 Å². The molecular formula is C15H23NO. The first-order valence-corrected chi connectivity index (χ1v) is 6.53. The van der Waals surface area contributed by atoms with Gasteiger partial charge in [-0.25, -0.2) is 0 Å². The zero-order valence-electron chi connectivity index (χ0n) is 11.2. The van der Waals surface area contributed by atoms with E-state index in [1.807, 2.05) is 0 Å². The number of nitrogens with zero attached hydrogens (tertiary/aromatic N) is 1. The summed E-state index contributed by atoms with van der Waals surface area (Å²) in [5.74, 6) is 0. The molecule has 0 heterocycles. The van der Waals surface area contributed by atoms with Gasteiger partial charge in [0.25, 0.3) is 0 Å². The first-order chi connectivity index (χ1) is 8.11. The predicted octanol–water partition coefficient (Wildman–Crippen LogP) is 2.57. The number of benzene rings is 1. The van der Waals surface area contributed by atoms with Gasteiger partial charge in [0, 0.05) is 19.1 Å². The summed E-state index contributed by atoms with van der Waals surface area (Å²) >= 11 is 0. The molecular weight excluding hydrogens is 210 g/mol. The van der Waals surface area contributed by atoms with Crippen LogP contribution in [0.5, 0.6) is 0 Å². The molecule has 0 bridgehead atoms. The van der Waals surface area contributed by atoms with Crippen molar-refractivity contribution in [3.05, 3.63) is 34.4 Å². The van der Waals surface area contributed by atoms with E-state index in [0.29, 0.717) is 6.04 Å². The van der Waals surface area contributed by atoms with E-state index in [2.05, 4.69) is 37.8 Å². The maximum atomic E-state index is 9.12. The molecule has 2 rings (SSSR count). The maximum absolute atomic E-state index is 9.12. The fourth-order valence-electron chi connectivity index (χ4n) is 2.37. The van der Waals surface area contributed by atoms with Gasteiger partial charge in [-0.15, -0.1) is 0 Å². The minimum atomic E-state index is 0.264. The Balaban J connectivity index is 2.13. The summed E-state index contributed by atoms with van der Waals surface area (Å²) in [7, 11) is 0. The first-order valence-electron chi connectivity index (χ1n) is 6.53. The van der Waals surface area contributed by atoms with Gasteiger partial charge < -0.3 is 5.11 Å². The molecule has 1 N–H and O–H groups in total. The molecule has 17 heavy (non-hydrogen) atoms. The molecule has 1 aliphatic carbocycles. The molecule has 0 aromatic heterocycles.